The van der Waals surface area contributed by atoms with E-state index in [0.29, 0.717) is 11.5 Å². The fourth-order valence-electron chi connectivity index (χ4n) is 7.23. The lowest BCUT2D eigenvalue weighted by Gasteiger charge is -2.59. The van der Waals surface area contributed by atoms with Crippen LogP contribution in [-0.4, -0.2) is 22.8 Å². The van der Waals surface area contributed by atoms with Gasteiger partial charge in [-0.15, -0.1) is 0 Å². The number of fused-ring (bicyclic) bond motifs is 1. The number of hydrogen-bond donors (Lipinski definition) is 2. The molecular formula is C36H49FO4. The number of allylic oxidation sites excluding steroid dienone is 1. The Hall–Kier alpha value is -2.82. The summed E-state index contributed by atoms with van der Waals surface area (Å²) in [7, 11) is 0. The van der Waals surface area contributed by atoms with Gasteiger partial charge < -0.3 is 14.9 Å². The number of benzene rings is 2. The van der Waals surface area contributed by atoms with Crippen LogP contribution in [0.3, 0.4) is 0 Å². The third-order valence-corrected chi connectivity index (χ3v) is 10.1. The maximum atomic E-state index is 13.8. The Bertz CT molecular complexity index is 1260. The van der Waals surface area contributed by atoms with E-state index in [1.807, 2.05) is 45.0 Å². The number of unbranched alkanes of at least 4 members (excludes halogenated alkanes) is 2. The van der Waals surface area contributed by atoms with Crippen molar-refractivity contribution in [2.75, 3.05) is 6.61 Å². The summed E-state index contributed by atoms with van der Waals surface area (Å²) in [5.74, 6) is 0.191. The quantitative estimate of drug-likeness (QED) is 0.172. The number of hydrogen-bond acceptors (Lipinski definition) is 4. The van der Waals surface area contributed by atoms with E-state index in [2.05, 4.69) is 40.7 Å². The number of ether oxygens (including phenoxy) is 1. The summed E-state index contributed by atoms with van der Waals surface area (Å²) in [4.78, 5) is 12.5. The van der Waals surface area contributed by atoms with Crippen molar-refractivity contribution in [3.05, 3.63) is 70.6 Å². The summed E-state index contributed by atoms with van der Waals surface area (Å²) in [5.41, 5.74) is 2.49. The molecule has 4 nitrogen and oxygen atoms in total. The molecule has 1 saturated carbocycles. The predicted molar refractivity (Wildman–Crippen MR) is 163 cm³/mol. The van der Waals surface area contributed by atoms with Crippen LogP contribution in [0.5, 0.6) is 11.5 Å². The van der Waals surface area contributed by atoms with Crippen LogP contribution in [-0.2, 0) is 14.9 Å². The molecule has 2 aromatic carbocycles. The third-order valence-electron chi connectivity index (χ3n) is 10.1. The Kier molecular flexibility index (Phi) is 8.70. The van der Waals surface area contributed by atoms with E-state index in [1.54, 1.807) is 0 Å². The standard InChI is InChI=1S/C36H49FO4/c1-9-10-11-12-27(22-13-15-25(37)16-14-22)35(5,6)24-18-30(38)32(31(39)19-24)26-17-23(21-41-33(40)34(2,3)4)28-20-29(26)36(28,7)8/h13-19,26-29,38-39H,9-12,20-21H2,1-8H3/t26-,27-,28+,29-/m0/s1. The lowest BCUT2D eigenvalue weighted by molar-refractivity contribution is -0.152. The number of carbonyl (C=O) groups is 1. The zero-order valence-corrected chi connectivity index (χ0v) is 26.2. The lowest BCUT2D eigenvalue weighted by Crippen LogP contribution is -2.52. The molecule has 41 heavy (non-hydrogen) atoms. The summed E-state index contributed by atoms with van der Waals surface area (Å²) < 4.78 is 19.5. The Morgan fingerprint density at radius 2 is 1.66 bits per heavy atom. The molecule has 0 heterocycles. The van der Waals surface area contributed by atoms with Gasteiger partial charge >= 0.3 is 5.97 Å². The average molecular weight is 565 g/mol. The van der Waals surface area contributed by atoms with E-state index in [9.17, 15) is 19.4 Å². The lowest BCUT2D eigenvalue weighted by atomic mass is 9.45. The van der Waals surface area contributed by atoms with E-state index in [0.717, 1.165) is 48.8 Å². The second kappa shape index (κ2) is 11.5. The van der Waals surface area contributed by atoms with E-state index < -0.39 is 10.8 Å². The van der Waals surface area contributed by atoms with Crippen LogP contribution in [0.25, 0.3) is 0 Å². The number of aromatic hydroxyl groups is 2. The molecule has 0 aromatic heterocycles. The molecule has 1 fully saturated rings. The molecule has 2 bridgehead atoms. The summed E-state index contributed by atoms with van der Waals surface area (Å²) in [6.45, 7) is 16.7. The molecular weight excluding hydrogens is 515 g/mol. The molecule has 0 radical (unpaired) electrons. The highest BCUT2D eigenvalue weighted by Gasteiger charge is 2.56. The van der Waals surface area contributed by atoms with Gasteiger partial charge in [-0.3, -0.25) is 4.79 Å². The van der Waals surface area contributed by atoms with E-state index in [-0.39, 0.29) is 53.1 Å². The molecule has 5 rings (SSSR count). The fraction of sp³-hybridized carbons (Fsp3) is 0.583. The second-order valence-electron chi connectivity index (χ2n) is 14.6. The Balaban J connectivity index is 1.68. The highest BCUT2D eigenvalue weighted by molar-refractivity contribution is 5.75. The Labute approximate surface area is 246 Å². The van der Waals surface area contributed by atoms with Crippen LogP contribution in [0.1, 0.15) is 116 Å². The fourth-order valence-corrected chi connectivity index (χ4v) is 7.23. The molecule has 2 aromatic rings. The first-order chi connectivity index (χ1) is 19.1. The molecule has 3 aliphatic carbocycles. The SMILES string of the molecule is CCCCC[C@@H](c1ccc(F)cc1)C(C)(C)c1cc(O)c([C@H]2C=C(COC(=O)C(C)(C)C)[C@H]3C[C@@H]2C3(C)C)c(O)c1. The smallest absolute Gasteiger partial charge is 0.311 e. The van der Waals surface area contributed by atoms with Crippen molar-refractivity contribution in [2.45, 2.75) is 105 Å². The van der Waals surface area contributed by atoms with Gasteiger partial charge in [0.15, 0.2) is 0 Å². The molecule has 0 saturated heterocycles. The number of esters is 1. The monoisotopic (exact) mass is 564 g/mol. The van der Waals surface area contributed by atoms with Gasteiger partial charge in [0, 0.05) is 11.5 Å². The number of rotatable bonds is 10. The highest BCUT2D eigenvalue weighted by atomic mass is 19.1. The number of phenols is 2. The first-order valence-electron chi connectivity index (χ1n) is 15.3. The van der Waals surface area contributed by atoms with Crippen LogP contribution >= 0.6 is 0 Å². The number of carbonyl (C=O) groups excluding carboxylic acids is 1. The van der Waals surface area contributed by atoms with E-state index in [1.165, 1.54) is 12.1 Å². The molecule has 0 spiro atoms. The van der Waals surface area contributed by atoms with Crippen LogP contribution in [0.2, 0.25) is 0 Å². The molecule has 2 N–H and O–H groups in total. The topological polar surface area (TPSA) is 66.8 Å². The van der Waals surface area contributed by atoms with Crippen LogP contribution in [0.4, 0.5) is 4.39 Å². The van der Waals surface area contributed by atoms with Gasteiger partial charge in [0.2, 0.25) is 0 Å². The maximum absolute atomic E-state index is 13.8. The third kappa shape index (κ3) is 6.05. The summed E-state index contributed by atoms with van der Waals surface area (Å²) in [6.07, 6.45) is 7.25. The van der Waals surface area contributed by atoms with Crippen molar-refractivity contribution in [1.82, 2.24) is 0 Å². The molecule has 5 heteroatoms. The molecule has 0 aliphatic heterocycles. The van der Waals surface area contributed by atoms with Crippen molar-refractivity contribution < 1.29 is 24.1 Å². The van der Waals surface area contributed by atoms with Gasteiger partial charge in [0.25, 0.3) is 0 Å². The summed E-state index contributed by atoms with van der Waals surface area (Å²) in [6, 6.07) is 10.4. The zero-order valence-electron chi connectivity index (χ0n) is 26.2. The summed E-state index contributed by atoms with van der Waals surface area (Å²) in [5, 5.41) is 23.0. The van der Waals surface area contributed by atoms with Crippen molar-refractivity contribution >= 4 is 5.97 Å². The minimum Gasteiger partial charge on any atom is -0.507 e. The van der Waals surface area contributed by atoms with Gasteiger partial charge in [0.1, 0.15) is 23.9 Å². The normalized spacial score (nSPS) is 22.5. The van der Waals surface area contributed by atoms with Crippen LogP contribution in [0.15, 0.2) is 48.0 Å². The molecule has 4 atom stereocenters. The van der Waals surface area contributed by atoms with E-state index in [4.69, 9.17) is 4.74 Å². The van der Waals surface area contributed by atoms with Gasteiger partial charge in [-0.25, -0.2) is 4.39 Å². The minimum absolute atomic E-state index is 0.0351. The zero-order chi connectivity index (χ0) is 30.3. The minimum atomic E-state index is -0.576. The largest absolute Gasteiger partial charge is 0.507 e. The van der Waals surface area contributed by atoms with Crippen molar-refractivity contribution in [3.8, 4) is 11.5 Å². The Morgan fingerprint density at radius 1 is 1.05 bits per heavy atom. The van der Waals surface area contributed by atoms with Crippen LogP contribution in [0, 0.1) is 28.5 Å². The van der Waals surface area contributed by atoms with Crippen molar-refractivity contribution in [3.63, 3.8) is 0 Å². The molecule has 0 amide bonds. The summed E-state index contributed by atoms with van der Waals surface area (Å²) >= 11 is 0. The van der Waals surface area contributed by atoms with Gasteiger partial charge in [-0.05, 0) is 103 Å². The Morgan fingerprint density at radius 3 is 2.20 bits per heavy atom. The highest BCUT2D eigenvalue weighted by Crippen LogP contribution is 2.65. The predicted octanol–water partition coefficient (Wildman–Crippen LogP) is 9.15. The molecule has 224 valence electrons. The van der Waals surface area contributed by atoms with Crippen molar-refractivity contribution in [1.29, 1.82) is 0 Å². The van der Waals surface area contributed by atoms with Crippen molar-refractivity contribution in [2.24, 2.45) is 22.7 Å². The number of phenolic OH excluding ortho intramolecular Hbond substituents is 2. The number of halogens is 1. The molecule has 3 aliphatic rings. The first-order valence-corrected chi connectivity index (χ1v) is 15.3. The average Bonchev–Trinajstić information content (AvgIpc) is 2.89. The van der Waals surface area contributed by atoms with Gasteiger partial charge in [0.05, 0.1) is 5.41 Å². The van der Waals surface area contributed by atoms with E-state index >= 15 is 0 Å². The van der Waals surface area contributed by atoms with Gasteiger partial charge in [-0.2, -0.15) is 0 Å². The van der Waals surface area contributed by atoms with Crippen LogP contribution < -0.4 is 0 Å². The van der Waals surface area contributed by atoms with Gasteiger partial charge in [-0.1, -0.05) is 72.1 Å². The maximum Gasteiger partial charge on any atom is 0.311 e. The molecule has 0 unspecified atom stereocenters. The first kappa shape index (κ1) is 31.1. The second-order valence-corrected chi connectivity index (χ2v) is 14.6.